The van der Waals surface area contributed by atoms with E-state index >= 15 is 0 Å². The number of aromatic hydroxyl groups is 1. The van der Waals surface area contributed by atoms with Gasteiger partial charge in [-0.05, 0) is 48.7 Å². The zero-order chi connectivity index (χ0) is 24.0. The fourth-order valence-corrected chi connectivity index (χ4v) is 4.85. The van der Waals surface area contributed by atoms with Crippen molar-refractivity contribution in [3.05, 3.63) is 58.3 Å². The van der Waals surface area contributed by atoms with Crippen LogP contribution in [0.3, 0.4) is 0 Å². The number of phenolic OH excluding ortho intramolecular Hbond substituents is 1. The lowest BCUT2D eigenvalue weighted by Gasteiger charge is -2.32. The first-order valence-electron chi connectivity index (χ1n) is 11.9. The quantitative estimate of drug-likeness (QED) is 0.623. The second-order valence-corrected chi connectivity index (χ2v) is 9.92. The summed E-state index contributed by atoms with van der Waals surface area (Å²) < 4.78 is 0. The first kappa shape index (κ1) is 22.4. The number of nitrogens with one attached hydrogen (secondary N) is 1. The third kappa shape index (κ3) is 4.14. The van der Waals surface area contributed by atoms with Crippen LogP contribution in [-0.4, -0.2) is 75.0 Å². The molecule has 178 valence electrons. The highest BCUT2D eigenvalue weighted by atomic mass is 16.3. The first-order chi connectivity index (χ1) is 16.3. The van der Waals surface area contributed by atoms with Gasteiger partial charge in [-0.25, -0.2) is 0 Å². The van der Waals surface area contributed by atoms with Crippen LogP contribution in [0.4, 0.5) is 0 Å². The largest absolute Gasteiger partial charge is 0.507 e. The minimum absolute atomic E-state index is 0.0430. The molecular formula is C26H31N5O3. The van der Waals surface area contributed by atoms with Crippen molar-refractivity contribution in [2.24, 2.45) is 5.92 Å². The van der Waals surface area contributed by atoms with Crippen LogP contribution in [-0.2, 0) is 19.5 Å². The van der Waals surface area contributed by atoms with Gasteiger partial charge in [-0.3, -0.25) is 14.7 Å². The van der Waals surface area contributed by atoms with Crippen LogP contribution < -0.4 is 0 Å². The van der Waals surface area contributed by atoms with Crippen LogP contribution in [0.1, 0.15) is 51.4 Å². The van der Waals surface area contributed by atoms with E-state index in [4.69, 9.17) is 0 Å². The van der Waals surface area contributed by atoms with Crippen molar-refractivity contribution in [3.63, 3.8) is 0 Å². The van der Waals surface area contributed by atoms with Crippen molar-refractivity contribution in [1.82, 2.24) is 24.9 Å². The molecule has 1 aromatic heterocycles. The molecule has 0 saturated carbocycles. The number of carbonyl (C=O) groups is 2. The number of nitrogens with zero attached hydrogens (tertiary/aromatic N) is 4. The lowest BCUT2D eigenvalue weighted by molar-refractivity contribution is 0.0663. The normalized spacial score (nSPS) is 16.5. The molecule has 2 aromatic carbocycles. The lowest BCUT2D eigenvalue weighted by atomic mass is 10.0. The van der Waals surface area contributed by atoms with Gasteiger partial charge in [-0.1, -0.05) is 19.9 Å². The van der Waals surface area contributed by atoms with Crippen LogP contribution in [0.2, 0.25) is 0 Å². The van der Waals surface area contributed by atoms with Gasteiger partial charge >= 0.3 is 0 Å². The van der Waals surface area contributed by atoms with E-state index in [0.717, 1.165) is 60.3 Å². The summed E-state index contributed by atoms with van der Waals surface area (Å²) in [4.78, 5) is 32.2. The summed E-state index contributed by atoms with van der Waals surface area (Å²) in [5, 5.41) is 18.8. The Balaban J connectivity index is 1.35. The van der Waals surface area contributed by atoms with Crippen LogP contribution in [0.25, 0.3) is 10.9 Å². The van der Waals surface area contributed by atoms with E-state index < -0.39 is 0 Å². The Morgan fingerprint density at radius 3 is 2.47 bits per heavy atom. The molecular weight excluding hydrogens is 430 g/mol. The van der Waals surface area contributed by atoms with E-state index in [1.807, 2.05) is 23.1 Å². The number of aromatic amines is 1. The number of fused-ring (bicyclic) bond motifs is 2. The molecule has 8 heteroatoms. The number of benzene rings is 2. The molecule has 2 N–H and O–H groups in total. The maximum Gasteiger partial charge on any atom is 0.258 e. The third-order valence-electron chi connectivity index (χ3n) is 6.84. The molecule has 34 heavy (non-hydrogen) atoms. The Morgan fingerprint density at radius 1 is 1.00 bits per heavy atom. The molecule has 0 spiro atoms. The Hall–Kier alpha value is -3.39. The van der Waals surface area contributed by atoms with Crippen molar-refractivity contribution in [3.8, 4) is 5.75 Å². The molecule has 0 unspecified atom stereocenters. The number of likely N-dealkylation sites (N-methyl/N-ethyl adjacent to an activating group) is 1. The summed E-state index contributed by atoms with van der Waals surface area (Å²) in [5.74, 6) is 0.190. The van der Waals surface area contributed by atoms with E-state index in [0.29, 0.717) is 24.6 Å². The van der Waals surface area contributed by atoms with Gasteiger partial charge in [-0.15, -0.1) is 0 Å². The number of hydrogen-bond acceptors (Lipinski definition) is 5. The van der Waals surface area contributed by atoms with E-state index in [-0.39, 0.29) is 23.1 Å². The molecule has 5 rings (SSSR count). The monoisotopic (exact) mass is 461 g/mol. The summed E-state index contributed by atoms with van der Waals surface area (Å²) in [6.07, 6.45) is 0.789. The predicted molar refractivity (Wildman–Crippen MR) is 130 cm³/mol. The summed E-state index contributed by atoms with van der Waals surface area (Å²) in [7, 11) is 2.07. The summed E-state index contributed by atoms with van der Waals surface area (Å²) >= 11 is 0. The number of amides is 2. The average molecular weight is 462 g/mol. The number of phenols is 1. The number of hydrogen-bond donors (Lipinski definition) is 2. The zero-order valence-electron chi connectivity index (χ0n) is 20.0. The van der Waals surface area contributed by atoms with Gasteiger partial charge in [0, 0.05) is 56.3 Å². The SMILES string of the molecule is CC(C)Cc1n[nH]c2cc(O)c(C(=O)N3Cc4ccc(C(=O)N5CCN(C)CC5)cc4C3)cc12. The van der Waals surface area contributed by atoms with E-state index in [9.17, 15) is 14.7 Å². The molecule has 8 nitrogen and oxygen atoms in total. The number of aromatic nitrogens is 2. The van der Waals surface area contributed by atoms with Crippen molar-refractivity contribution in [2.75, 3.05) is 33.2 Å². The molecule has 0 radical (unpaired) electrons. The Morgan fingerprint density at radius 2 is 1.74 bits per heavy atom. The minimum atomic E-state index is -0.223. The lowest BCUT2D eigenvalue weighted by Crippen LogP contribution is -2.47. The highest BCUT2D eigenvalue weighted by Crippen LogP contribution is 2.31. The molecule has 2 aliphatic rings. The highest BCUT2D eigenvalue weighted by molar-refractivity contribution is 6.01. The predicted octanol–water partition coefficient (Wildman–Crippen LogP) is 3.01. The first-order valence-corrected chi connectivity index (χ1v) is 11.9. The van der Waals surface area contributed by atoms with Crippen molar-refractivity contribution in [2.45, 2.75) is 33.4 Å². The van der Waals surface area contributed by atoms with E-state index in [1.54, 1.807) is 17.0 Å². The third-order valence-corrected chi connectivity index (χ3v) is 6.84. The summed E-state index contributed by atoms with van der Waals surface area (Å²) in [6.45, 7) is 8.33. The molecule has 3 aromatic rings. The number of carbonyl (C=O) groups excluding carboxylic acids is 2. The second-order valence-electron chi connectivity index (χ2n) is 9.92. The molecule has 1 fully saturated rings. The fourth-order valence-electron chi connectivity index (χ4n) is 4.85. The fraction of sp³-hybridized carbons (Fsp3) is 0.423. The maximum atomic E-state index is 13.4. The molecule has 1 saturated heterocycles. The average Bonchev–Trinajstić information content (AvgIpc) is 3.41. The van der Waals surface area contributed by atoms with Gasteiger partial charge in [-0.2, -0.15) is 5.10 Å². The Bertz CT molecular complexity index is 1260. The Labute approximate surface area is 199 Å². The number of rotatable bonds is 4. The topological polar surface area (TPSA) is 92.8 Å². The maximum absolute atomic E-state index is 13.4. The highest BCUT2D eigenvalue weighted by Gasteiger charge is 2.28. The molecule has 0 bridgehead atoms. The molecule has 3 heterocycles. The zero-order valence-corrected chi connectivity index (χ0v) is 20.0. The van der Waals surface area contributed by atoms with Crippen LogP contribution in [0.5, 0.6) is 5.75 Å². The Kier molecular flexibility index (Phi) is 5.77. The molecule has 2 amide bonds. The van der Waals surface area contributed by atoms with Gasteiger partial charge in [0.15, 0.2) is 0 Å². The number of piperazine rings is 1. The van der Waals surface area contributed by atoms with Crippen molar-refractivity contribution >= 4 is 22.7 Å². The molecule has 0 atom stereocenters. The standard InChI is InChI=1S/C26H31N5O3/c1-16(2)10-22-20-12-21(24(32)13-23(20)28-27-22)26(34)31-14-18-5-4-17(11-19(18)15-31)25(33)30-8-6-29(3)7-9-30/h4-5,11-13,16,32H,6-10,14-15H2,1-3H3,(H,27,28). The van der Waals surface area contributed by atoms with Gasteiger partial charge < -0.3 is 19.8 Å². The van der Waals surface area contributed by atoms with Crippen LogP contribution in [0, 0.1) is 5.92 Å². The van der Waals surface area contributed by atoms with E-state index in [1.165, 1.54) is 0 Å². The summed E-state index contributed by atoms with van der Waals surface area (Å²) in [6, 6.07) is 9.06. The van der Waals surface area contributed by atoms with E-state index in [2.05, 4.69) is 36.0 Å². The van der Waals surface area contributed by atoms with Crippen molar-refractivity contribution < 1.29 is 14.7 Å². The van der Waals surface area contributed by atoms with Gasteiger partial charge in [0.05, 0.1) is 16.8 Å². The molecule has 2 aliphatic heterocycles. The molecule has 0 aliphatic carbocycles. The number of H-pyrrole nitrogens is 1. The van der Waals surface area contributed by atoms with Crippen LogP contribution >= 0.6 is 0 Å². The van der Waals surface area contributed by atoms with Gasteiger partial charge in [0.1, 0.15) is 5.75 Å². The smallest absolute Gasteiger partial charge is 0.258 e. The second kappa shape index (κ2) is 8.76. The minimum Gasteiger partial charge on any atom is -0.507 e. The van der Waals surface area contributed by atoms with Crippen LogP contribution in [0.15, 0.2) is 30.3 Å². The summed E-state index contributed by atoms with van der Waals surface area (Å²) in [5.41, 5.74) is 4.58. The van der Waals surface area contributed by atoms with Crippen molar-refractivity contribution in [1.29, 1.82) is 0 Å². The van der Waals surface area contributed by atoms with Gasteiger partial charge in [0.2, 0.25) is 0 Å². The van der Waals surface area contributed by atoms with Gasteiger partial charge in [0.25, 0.3) is 11.8 Å².